The molecule has 0 radical (unpaired) electrons. The van der Waals surface area contributed by atoms with Gasteiger partial charge in [0.25, 0.3) is 5.91 Å². The van der Waals surface area contributed by atoms with Gasteiger partial charge in [0.2, 0.25) is 0 Å². The van der Waals surface area contributed by atoms with E-state index in [1.807, 2.05) is 71.8 Å². The van der Waals surface area contributed by atoms with Crippen LogP contribution in [0.25, 0.3) is 10.8 Å². The van der Waals surface area contributed by atoms with Crippen LogP contribution in [0.15, 0.2) is 77.6 Å². The highest BCUT2D eigenvalue weighted by Crippen LogP contribution is 2.30. The molecule has 1 amide bonds. The molecule has 4 nitrogen and oxygen atoms in total. The van der Waals surface area contributed by atoms with Crippen LogP contribution in [0.5, 0.6) is 5.75 Å². The fourth-order valence-corrected chi connectivity index (χ4v) is 4.06. The van der Waals surface area contributed by atoms with E-state index in [1.54, 1.807) is 17.5 Å². The number of rotatable bonds is 7. The summed E-state index contributed by atoms with van der Waals surface area (Å²) >= 11 is 1.63. The molecule has 0 bridgehead atoms. The maximum Gasteiger partial charge on any atom is 0.258 e. The number of aromatic nitrogens is 1. The number of carbonyl (C=O) groups excluding carboxylic acids is 1. The van der Waals surface area contributed by atoms with Crippen molar-refractivity contribution in [2.45, 2.75) is 20.0 Å². The minimum atomic E-state index is -0.0536. The van der Waals surface area contributed by atoms with Crippen molar-refractivity contribution in [3.05, 3.63) is 94.4 Å². The van der Waals surface area contributed by atoms with E-state index in [2.05, 4.69) is 16.4 Å². The van der Waals surface area contributed by atoms with Gasteiger partial charge in [0.05, 0.1) is 24.4 Å². The Morgan fingerprint density at radius 2 is 1.90 bits per heavy atom. The molecule has 2 aromatic heterocycles. The standard InChI is InChI=1S/C24H22N2O2S/c1-2-28-22-11-10-19-7-3-4-9-21(19)23(22)24(27)26(15-18-12-14-29-17-18)16-20-8-5-6-13-25-20/h3-14,17H,2,15-16H2,1H3. The van der Waals surface area contributed by atoms with Crippen molar-refractivity contribution in [3.8, 4) is 5.75 Å². The maximum atomic E-state index is 13.8. The number of carbonyl (C=O) groups is 1. The van der Waals surface area contributed by atoms with Crippen molar-refractivity contribution in [1.82, 2.24) is 9.88 Å². The number of benzene rings is 2. The number of ether oxygens (including phenoxy) is 1. The highest BCUT2D eigenvalue weighted by atomic mass is 32.1. The zero-order chi connectivity index (χ0) is 20.1. The predicted octanol–water partition coefficient (Wildman–Crippen LogP) is 5.54. The largest absolute Gasteiger partial charge is 0.493 e. The minimum Gasteiger partial charge on any atom is -0.493 e. The third-order valence-electron chi connectivity index (χ3n) is 4.72. The van der Waals surface area contributed by atoms with Gasteiger partial charge in [-0.2, -0.15) is 11.3 Å². The lowest BCUT2D eigenvalue weighted by Gasteiger charge is -2.24. The number of fused-ring (bicyclic) bond motifs is 1. The average Bonchev–Trinajstić information content (AvgIpc) is 3.27. The molecule has 0 aliphatic rings. The van der Waals surface area contributed by atoms with Gasteiger partial charge >= 0.3 is 0 Å². The zero-order valence-corrected chi connectivity index (χ0v) is 17.1. The minimum absolute atomic E-state index is 0.0536. The summed E-state index contributed by atoms with van der Waals surface area (Å²) < 4.78 is 5.84. The first-order chi connectivity index (χ1) is 14.3. The zero-order valence-electron chi connectivity index (χ0n) is 16.2. The lowest BCUT2D eigenvalue weighted by Crippen LogP contribution is -2.31. The number of thiophene rings is 1. The van der Waals surface area contributed by atoms with Crippen molar-refractivity contribution in [2.24, 2.45) is 0 Å². The molecular formula is C24H22N2O2S. The highest BCUT2D eigenvalue weighted by molar-refractivity contribution is 7.07. The number of pyridine rings is 1. The molecule has 4 rings (SSSR count). The van der Waals surface area contributed by atoms with Crippen LogP contribution in [0, 0.1) is 0 Å². The monoisotopic (exact) mass is 402 g/mol. The van der Waals surface area contributed by atoms with Crippen LogP contribution in [-0.2, 0) is 13.1 Å². The molecule has 29 heavy (non-hydrogen) atoms. The molecule has 0 saturated heterocycles. The van der Waals surface area contributed by atoms with Crippen molar-refractivity contribution < 1.29 is 9.53 Å². The van der Waals surface area contributed by atoms with Gasteiger partial charge in [-0.05, 0) is 58.3 Å². The van der Waals surface area contributed by atoms with Gasteiger partial charge in [0.1, 0.15) is 5.75 Å². The summed E-state index contributed by atoms with van der Waals surface area (Å²) in [5.74, 6) is 0.564. The van der Waals surface area contributed by atoms with Crippen LogP contribution >= 0.6 is 11.3 Å². The van der Waals surface area contributed by atoms with Gasteiger partial charge in [-0.1, -0.05) is 36.4 Å². The molecular weight excluding hydrogens is 380 g/mol. The Morgan fingerprint density at radius 1 is 1.03 bits per heavy atom. The second-order valence-electron chi connectivity index (χ2n) is 6.71. The van der Waals surface area contributed by atoms with Gasteiger partial charge in [0.15, 0.2) is 0 Å². The number of nitrogens with zero attached hydrogens (tertiary/aromatic N) is 2. The summed E-state index contributed by atoms with van der Waals surface area (Å²) in [6, 6.07) is 19.6. The number of hydrogen-bond acceptors (Lipinski definition) is 4. The molecule has 0 spiro atoms. The van der Waals surface area contributed by atoms with Crippen LogP contribution in [0.4, 0.5) is 0 Å². The number of amides is 1. The SMILES string of the molecule is CCOc1ccc2ccccc2c1C(=O)N(Cc1ccsc1)Cc1ccccn1. The van der Waals surface area contributed by atoms with Crippen LogP contribution in [0.3, 0.4) is 0 Å². The van der Waals surface area contributed by atoms with Crippen molar-refractivity contribution in [2.75, 3.05) is 6.61 Å². The molecule has 2 aromatic carbocycles. The molecule has 0 fully saturated rings. The molecule has 5 heteroatoms. The van der Waals surface area contributed by atoms with E-state index in [9.17, 15) is 4.79 Å². The van der Waals surface area contributed by atoms with E-state index in [1.165, 1.54) is 0 Å². The smallest absolute Gasteiger partial charge is 0.258 e. The Morgan fingerprint density at radius 3 is 2.66 bits per heavy atom. The van der Waals surface area contributed by atoms with Crippen LogP contribution in [0.2, 0.25) is 0 Å². The van der Waals surface area contributed by atoms with Crippen LogP contribution in [-0.4, -0.2) is 22.4 Å². The summed E-state index contributed by atoms with van der Waals surface area (Å²) in [4.78, 5) is 20.1. The normalized spacial score (nSPS) is 10.8. The summed E-state index contributed by atoms with van der Waals surface area (Å²) in [6.07, 6.45) is 1.76. The van der Waals surface area contributed by atoms with Crippen molar-refractivity contribution in [3.63, 3.8) is 0 Å². The van der Waals surface area contributed by atoms with E-state index in [4.69, 9.17) is 4.74 Å². The maximum absolute atomic E-state index is 13.8. The Kier molecular flexibility index (Phi) is 5.86. The van der Waals surface area contributed by atoms with Crippen LogP contribution in [0.1, 0.15) is 28.5 Å². The molecule has 0 unspecified atom stereocenters. The van der Waals surface area contributed by atoms with E-state index in [0.29, 0.717) is 31.0 Å². The van der Waals surface area contributed by atoms with E-state index in [0.717, 1.165) is 22.0 Å². The molecule has 146 valence electrons. The summed E-state index contributed by atoms with van der Waals surface area (Å²) in [7, 11) is 0. The molecule has 0 aliphatic heterocycles. The first-order valence-electron chi connectivity index (χ1n) is 9.61. The first kappa shape index (κ1) is 19.2. The molecule has 0 atom stereocenters. The Bertz CT molecular complexity index is 1090. The summed E-state index contributed by atoms with van der Waals surface area (Å²) in [5.41, 5.74) is 2.57. The Hall–Kier alpha value is -3.18. The Balaban J connectivity index is 1.78. The lowest BCUT2D eigenvalue weighted by atomic mass is 10.0. The van der Waals surface area contributed by atoms with E-state index >= 15 is 0 Å². The molecule has 0 aliphatic carbocycles. The summed E-state index contributed by atoms with van der Waals surface area (Å²) in [6.45, 7) is 3.39. The second kappa shape index (κ2) is 8.88. The van der Waals surface area contributed by atoms with Gasteiger partial charge < -0.3 is 9.64 Å². The first-order valence-corrected chi connectivity index (χ1v) is 10.6. The molecule has 0 saturated carbocycles. The van der Waals surface area contributed by atoms with Crippen molar-refractivity contribution >= 4 is 28.0 Å². The topological polar surface area (TPSA) is 42.4 Å². The van der Waals surface area contributed by atoms with Gasteiger partial charge in [-0.25, -0.2) is 0 Å². The second-order valence-corrected chi connectivity index (χ2v) is 7.49. The quantitative estimate of drug-likeness (QED) is 0.408. The predicted molar refractivity (Wildman–Crippen MR) is 117 cm³/mol. The Labute approximate surface area is 174 Å². The third kappa shape index (κ3) is 4.30. The van der Waals surface area contributed by atoms with Gasteiger partial charge in [-0.3, -0.25) is 9.78 Å². The molecule has 0 N–H and O–H groups in total. The molecule has 4 aromatic rings. The van der Waals surface area contributed by atoms with Crippen LogP contribution < -0.4 is 4.74 Å². The van der Waals surface area contributed by atoms with Gasteiger partial charge in [0, 0.05) is 12.7 Å². The van der Waals surface area contributed by atoms with E-state index in [-0.39, 0.29) is 5.91 Å². The number of hydrogen-bond donors (Lipinski definition) is 0. The summed E-state index contributed by atoms with van der Waals surface area (Å²) in [5, 5.41) is 6.03. The van der Waals surface area contributed by atoms with Crippen molar-refractivity contribution in [1.29, 1.82) is 0 Å². The van der Waals surface area contributed by atoms with Gasteiger partial charge in [-0.15, -0.1) is 0 Å². The average molecular weight is 403 g/mol. The third-order valence-corrected chi connectivity index (χ3v) is 5.46. The van der Waals surface area contributed by atoms with E-state index < -0.39 is 0 Å². The lowest BCUT2D eigenvalue weighted by molar-refractivity contribution is 0.0726. The fraction of sp³-hybridized carbons (Fsp3) is 0.167. The highest BCUT2D eigenvalue weighted by Gasteiger charge is 2.23. The fourth-order valence-electron chi connectivity index (χ4n) is 3.40. The molecule has 2 heterocycles.